The van der Waals surface area contributed by atoms with Crippen molar-refractivity contribution >= 4 is 30.1 Å². The summed E-state index contributed by atoms with van der Waals surface area (Å²) in [5.41, 5.74) is 1.48. The summed E-state index contributed by atoms with van der Waals surface area (Å²) < 4.78 is 0. The van der Waals surface area contributed by atoms with E-state index in [9.17, 15) is 9.59 Å². The zero-order valence-corrected chi connectivity index (χ0v) is 15.3. The van der Waals surface area contributed by atoms with E-state index in [1.807, 2.05) is 24.3 Å². The summed E-state index contributed by atoms with van der Waals surface area (Å²) in [6.07, 6.45) is 0. The van der Waals surface area contributed by atoms with Crippen LogP contribution in [0.4, 0.5) is 0 Å². The summed E-state index contributed by atoms with van der Waals surface area (Å²) in [4.78, 5) is 22.9. The molecule has 23 heavy (non-hydrogen) atoms. The SMILES string of the molecule is CC(=O)c1ccc(P(c2ccc(C(C)=O)cc2)C(C)(C)C)cc1. The molecule has 120 valence electrons. The first kappa shape index (κ1) is 17.6. The Morgan fingerprint density at radius 3 is 1.22 bits per heavy atom. The predicted molar refractivity (Wildman–Crippen MR) is 98.8 cm³/mol. The van der Waals surface area contributed by atoms with Gasteiger partial charge in [-0.05, 0) is 37.5 Å². The number of ketones is 2. The largest absolute Gasteiger partial charge is 0.295 e. The minimum absolute atomic E-state index is 0.0856. The lowest BCUT2D eigenvalue weighted by molar-refractivity contribution is 0.100. The minimum atomic E-state index is -0.578. The van der Waals surface area contributed by atoms with E-state index in [2.05, 4.69) is 45.0 Å². The van der Waals surface area contributed by atoms with Crippen molar-refractivity contribution < 1.29 is 9.59 Å². The molecule has 2 aromatic carbocycles. The van der Waals surface area contributed by atoms with Gasteiger partial charge in [-0.3, -0.25) is 9.59 Å². The van der Waals surface area contributed by atoms with Crippen LogP contribution in [-0.4, -0.2) is 16.7 Å². The monoisotopic (exact) mass is 326 g/mol. The van der Waals surface area contributed by atoms with Gasteiger partial charge in [0.05, 0.1) is 0 Å². The van der Waals surface area contributed by atoms with Crippen molar-refractivity contribution in [1.29, 1.82) is 0 Å². The normalized spacial score (nSPS) is 11.6. The molecule has 0 N–H and O–H groups in total. The van der Waals surface area contributed by atoms with Gasteiger partial charge in [0, 0.05) is 11.1 Å². The maximum atomic E-state index is 11.5. The molecule has 0 aromatic heterocycles. The van der Waals surface area contributed by atoms with Gasteiger partial charge in [0.15, 0.2) is 11.6 Å². The van der Waals surface area contributed by atoms with E-state index in [1.165, 1.54) is 10.6 Å². The molecule has 2 rings (SSSR count). The molecule has 3 heteroatoms. The second-order valence-corrected chi connectivity index (χ2v) is 9.76. The summed E-state index contributed by atoms with van der Waals surface area (Å²) in [5.74, 6) is 0.171. The molecule has 0 aliphatic rings. The van der Waals surface area contributed by atoms with Crippen LogP contribution in [-0.2, 0) is 0 Å². The maximum absolute atomic E-state index is 11.5. The molecule has 0 spiro atoms. The highest BCUT2D eigenvalue weighted by molar-refractivity contribution is 7.74. The van der Waals surface area contributed by atoms with Crippen molar-refractivity contribution in [2.24, 2.45) is 0 Å². The first-order valence-electron chi connectivity index (χ1n) is 7.72. The number of hydrogen-bond donors (Lipinski definition) is 0. The highest BCUT2D eigenvalue weighted by Crippen LogP contribution is 2.47. The molecular weight excluding hydrogens is 303 g/mol. The van der Waals surface area contributed by atoms with Gasteiger partial charge in [0.1, 0.15) is 0 Å². The van der Waals surface area contributed by atoms with Gasteiger partial charge < -0.3 is 0 Å². The van der Waals surface area contributed by atoms with Crippen molar-refractivity contribution in [2.45, 2.75) is 39.8 Å². The van der Waals surface area contributed by atoms with Crippen LogP contribution in [0.15, 0.2) is 48.5 Å². The van der Waals surface area contributed by atoms with Crippen LogP contribution in [0.3, 0.4) is 0 Å². The van der Waals surface area contributed by atoms with Crippen LogP contribution in [0.1, 0.15) is 55.3 Å². The Balaban J connectivity index is 2.45. The fourth-order valence-corrected chi connectivity index (χ4v) is 5.36. The zero-order valence-electron chi connectivity index (χ0n) is 14.4. The maximum Gasteiger partial charge on any atom is 0.159 e. The molecule has 0 saturated heterocycles. The lowest BCUT2D eigenvalue weighted by atomic mass is 10.1. The Labute approximate surface area is 139 Å². The molecule has 2 nitrogen and oxygen atoms in total. The zero-order chi connectivity index (χ0) is 17.2. The Bertz CT molecular complexity index is 649. The number of carbonyl (C=O) groups is 2. The minimum Gasteiger partial charge on any atom is -0.295 e. The van der Waals surface area contributed by atoms with Crippen LogP contribution >= 0.6 is 7.92 Å². The van der Waals surface area contributed by atoms with E-state index in [-0.39, 0.29) is 16.7 Å². The average molecular weight is 326 g/mol. The van der Waals surface area contributed by atoms with E-state index in [0.29, 0.717) is 0 Å². The molecule has 0 aliphatic carbocycles. The molecule has 0 bridgehead atoms. The van der Waals surface area contributed by atoms with Crippen molar-refractivity contribution in [3.05, 3.63) is 59.7 Å². The van der Waals surface area contributed by atoms with Gasteiger partial charge in [-0.1, -0.05) is 69.3 Å². The van der Waals surface area contributed by atoms with Gasteiger partial charge in [-0.15, -0.1) is 0 Å². The van der Waals surface area contributed by atoms with Crippen molar-refractivity contribution in [3.8, 4) is 0 Å². The topological polar surface area (TPSA) is 34.1 Å². The first-order chi connectivity index (χ1) is 10.7. The molecule has 0 radical (unpaired) electrons. The number of Topliss-reactive ketones (excluding diaryl/α,β-unsaturated/α-hetero) is 2. The first-order valence-corrected chi connectivity index (χ1v) is 9.06. The lowest BCUT2D eigenvalue weighted by Crippen LogP contribution is -2.26. The number of benzene rings is 2. The Hall–Kier alpha value is -1.79. The third-order valence-corrected chi connectivity index (χ3v) is 6.71. The third-order valence-electron chi connectivity index (χ3n) is 3.73. The van der Waals surface area contributed by atoms with Gasteiger partial charge >= 0.3 is 0 Å². The van der Waals surface area contributed by atoms with Gasteiger partial charge in [0.25, 0.3) is 0 Å². The Morgan fingerprint density at radius 2 is 1.00 bits per heavy atom. The van der Waals surface area contributed by atoms with Gasteiger partial charge in [0.2, 0.25) is 0 Å². The molecular formula is C20H23O2P. The van der Waals surface area contributed by atoms with Crippen molar-refractivity contribution in [1.82, 2.24) is 0 Å². The highest BCUT2D eigenvalue weighted by Gasteiger charge is 2.27. The summed E-state index contributed by atoms with van der Waals surface area (Å²) in [7, 11) is -0.578. The molecule has 2 aromatic rings. The van der Waals surface area contributed by atoms with E-state index in [0.717, 1.165) is 11.1 Å². The van der Waals surface area contributed by atoms with Crippen LogP contribution in [0.5, 0.6) is 0 Å². The van der Waals surface area contributed by atoms with Crippen LogP contribution in [0.25, 0.3) is 0 Å². The molecule has 0 amide bonds. The Morgan fingerprint density at radius 1 is 0.696 bits per heavy atom. The number of hydrogen-bond acceptors (Lipinski definition) is 2. The summed E-state index contributed by atoms with van der Waals surface area (Å²) >= 11 is 0. The molecule has 0 unspecified atom stereocenters. The second-order valence-electron chi connectivity index (χ2n) is 6.71. The number of rotatable bonds is 4. The standard InChI is InChI=1S/C20H23O2P/c1-14(21)16-6-10-18(11-7-16)23(20(3,4)5)19-12-8-17(9-13-19)15(2)22/h6-13H,1-5H3. The molecule has 0 saturated carbocycles. The van der Waals surface area contributed by atoms with E-state index >= 15 is 0 Å². The van der Waals surface area contributed by atoms with Crippen molar-refractivity contribution in [2.75, 3.05) is 0 Å². The average Bonchev–Trinajstić information content (AvgIpc) is 2.47. The van der Waals surface area contributed by atoms with Gasteiger partial charge in [-0.25, -0.2) is 0 Å². The Kier molecular flexibility index (Phi) is 5.16. The smallest absolute Gasteiger partial charge is 0.159 e. The molecule has 0 heterocycles. The summed E-state index contributed by atoms with van der Waals surface area (Å²) in [6.45, 7) is 9.87. The summed E-state index contributed by atoms with van der Waals surface area (Å²) in [5, 5.41) is 2.58. The number of carbonyl (C=O) groups excluding carboxylic acids is 2. The van der Waals surface area contributed by atoms with Crippen LogP contribution < -0.4 is 10.6 Å². The summed E-state index contributed by atoms with van der Waals surface area (Å²) in [6, 6.07) is 15.9. The van der Waals surface area contributed by atoms with E-state index in [4.69, 9.17) is 0 Å². The fraction of sp³-hybridized carbons (Fsp3) is 0.300. The molecule has 0 aliphatic heterocycles. The molecule has 0 fully saturated rings. The third kappa shape index (κ3) is 4.14. The quantitative estimate of drug-likeness (QED) is 0.619. The predicted octanol–water partition coefficient (Wildman–Crippen LogP) is 4.32. The lowest BCUT2D eigenvalue weighted by Gasteiger charge is -2.32. The second kappa shape index (κ2) is 6.76. The van der Waals surface area contributed by atoms with E-state index < -0.39 is 7.92 Å². The fourth-order valence-electron chi connectivity index (χ4n) is 2.61. The van der Waals surface area contributed by atoms with Crippen LogP contribution in [0.2, 0.25) is 0 Å². The molecule has 0 atom stereocenters. The van der Waals surface area contributed by atoms with Crippen molar-refractivity contribution in [3.63, 3.8) is 0 Å². The van der Waals surface area contributed by atoms with E-state index in [1.54, 1.807) is 13.8 Å². The van der Waals surface area contributed by atoms with Crippen LogP contribution in [0, 0.1) is 0 Å². The highest BCUT2D eigenvalue weighted by atomic mass is 31.1. The van der Waals surface area contributed by atoms with Gasteiger partial charge in [-0.2, -0.15) is 0 Å².